The summed E-state index contributed by atoms with van der Waals surface area (Å²) in [5, 5.41) is 3.03. The van der Waals surface area contributed by atoms with Gasteiger partial charge in [-0.3, -0.25) is 4.79 Å². The van der Waals surface area contributed by atoms with Crippen LogP contribution in [0.3, 0.4) is 0 Å². The summed E-state index contributed by atoms with van der Waals surface area (Å²) in [4.78, 5) is 11.8. The van der Waals surface area contributed by atoms with Crippen LogP contribution in [0.25, 0.3) is 0 Å². The summed E-state index contributed by atoms with van der Waals surface area (Å²) in [6, 6.07) is 0.269. The molecule has 2 rings (SSSR count). The molecule has 1 saturated carbocycles. The Labute approximate surface area is 110 Å². The zero-order valence-electron chi connectivity index (χ0n) is 11.2. The molecule has 4 nitrogen and oxygen atoms in total. The van der Waals surface area contributed by atoms with Crippen molar-refractivity contribution >= 4 is 5.91 Å². The number of carbonyl (C=O) groups excluding carboxylic acids is 1. The molecular weight excluding hydrogens is 228 g/mol. The van der Waals surface area contributed by atoms with Gasteiger partial charge in [0, 0.05) is 19.2 Å². The van der Waals surface area contributed by atoms with Crippen LogP contribution in [-0.4, -0.2) is 31.2 Å². The third kappa shape index (κ3) is 4.25. The molecule has 18 heavy (non-hydrogen) atoms. The molecule has 1 saturated heterocycles. The van der Waals surface area contributed by atoms with Gasteiger partial charge in [0.15, 0.2) is 0 Å². The average Bonchev–Trinajstić information content (AvgIpc) is 2.39. The van der Waals surface area contributed by atoms with E-state index in [4.69, 9.17) is 10.5 Å². The summed E-state index contributed by atoms with van der Waals surface area (Å²) >= 11 is 0. The lowest BCUT2D eigenvalue weighted by Crippen LogP contribution is -2.41. The number of nitrogens with one attached hydrogen (secondary N) is 1. The van der Waals surface area contributed by atoms with Crippen LogP contribution >= 0.6 is 0 Å². The van der Waals surface area contributed by atoms with Crippen LogP contribution in [0, 0.1) is 5.92 Å². The van der Waals surface area contributed by atoms with Crippen LogP contribution in [-0.2, 0) is 9.53 Å². The normalized spacial score (nSPS) is 33.1. The number of rotatable bonds is 4. The van der Waals surface area contributed by atoms with Crippen molar-refractivity contribution in [2.45, 2.75) is 63.5 Å². The minimum Gasteiger partial charge on any atom is -0.378 e. The second kappa shape index (κ2) is 7.10. The first kappa shape index (κ1) is 13.8. The van der Waals surface area contributed by atoms with Gasteiger partial charge in [0.05, 0.1) is 12.5 Å². The maximum absolute atomic E-state index is 11.8. The Morgan fingerprint density at radius 2 is 1.94 bits per heavy atom. The van der Waals surface area contributed by atoms with E-state index in [9.17, 15) is 4.79 Å². The summed E-state index contributed by atoms with van der Waals surface area (Å²) in [7, 11) is 0. The second-order valence-corrected chi connectivity index (χ2v) is 5.71. The third-order valence-corrected chi connectivity index (χ3v) is 4.22. The minimum absolute atomic E-state index is 0.125. The predicted molar refractivity (Wildman–Crippen MR) is 71.2 cm³/mol. The largest absolute Gasteiger partial charge is 0.378 e. The SMILES string of the molecule is NC1CCCCC1CNC(=O)CC1CCCCO1. The van der Waals surface area contributed by atoms with Crippen LogP contribution in [0.5, 0.6) is 0 Å². The second-order valence-electron chi connectivity index (χ2n) is 5.71. The molecule has 3 atom stereocenters. The van der Waals surface area contributed by atoms with Gasteiger partial charge < -0.3 is 15.8 Å². The topological polar surface area (TPSA) is 64.3 Å². The Morgan fingerprint density at radius 1 is 1.17 bits per heavy atom. The fourth-order valence-corrected chi connectivity index (χ4v) is 2.98. The fraction of sp³-hybridized carbons (Fsp3) is 0.929. The van der Waals surface area contributed by atoms with Crippen LogP contribution in [0.2, 0.25) is 0 Å². The minimum atomic E-state index is 0.125. The first-order valence-electron chi connectivity index (χ1n) is 7.39. The summed E-state index contributed by atoms with van der Waals surface area (Å²) < 4.78 is 5.58. The highest BCUT2D eigenvalue weighted by Gasteiger charge is 2.23. The highest BCUT2D eigenvalue weighted by Crippen LogP contribution is 2.22. The van der Waals surface area contributed by atoms with E-state index in [1.54, 1.807) is 0 Å². The van der Waals surface area contributed by atoms with Gasteiger partial charge in [-0.1, -0.05) is 12.8 Å². The van der Waals surface area contributed by atoms with Gasteiger partial charge in [-0.05, 0) is 38.0 Å². The summed E-state index contributed by atoms with van der Waals surface area (Å²) in [5.74, 6) is 0.592. The molecule has 0 spiro atoms. The van der Waals surface area contributed by atoms with E-state index in [1.807, 2.05) is 0 Å². The van der Waals surface area contributed by atoms with Crippen molar-refractivity contribution in [3.8, 4) is 0 Å². The molecule has 1 aliphatic carbocycles. The van der Waals surface area contributed by atoms with Crippen molar-refractivity contribution in [2.75, 3.05) is 13.2 Å². The molecule has 3 unspecified atom stereocenters. The molecule has 0 bridgehead atoms. The van der Waals surface area contributed by atoms with Crippen molar-refractivity contribution < 1.29 is 9.53 Å². The number of nitrogens with two attached hydrogens (primary N) is 1. The lowest BCUT2D eigenvalue weighted by atomic mass is 9.85. The Morgan fingerprint density at radius 3 is 2.67 bits per heavy atom. The highest BCUT2D eigenvalue weighted by molar-refractivity contribution is 5.76. The van der Waals surface area contributed by atoms with E-state index < -0.39 is 0 Å². The van der Waals surface area contributed by atoms with Gasteiger partial charge in [-0.15, -0.1) is 0 Å². The third-order valence-electron chi connectivity index (χ3n) is 4.22. The van der Waals surface area contributed by atoms with Gasteiger partial charge in [0.1, 0.15) is 0 Å². The molecule has 1 aliphatic heterocycles. The number of amides is 1. The quantitative estimate of drug-likeness (QED) is 0.800. The smallest absolute Gasteiger partial charge is 0.222 e. The lowest BCUT2D eigenvalue weighted by Gasteiger charge is -2.29. The first-order valence-corrected chi connectivity index (χ1v) is 7.39. The molecule has 2 aliphatic rings. The van der Waals surface area contributed by atoms with E-state index >= 15 is 0 Å². The number of ether oxygens (including phenoxy) is 1. The maximum Gasteiger partial charge on any atom is 0.222 e. The van der Waals surface area contributed by atoms with Gasteiger partial charge in [0.25, 0.3) is 0 Å². The predicted octanol–water partition coefficient (Wildman–Crippen LogP) is 1.58. The Bertz CT molecular complexity index is 265. The molecule has 0 radical (unpaired) electrons. The Kier molecular flexibility index (Phi) is 5.45. The van der Waals surface area contributed by atoms with Gasteiger partial charge >= 0.3 is 0 Å². The van der Waals surface area contributed by atoms with Crippen molar-refractivity contribution in [3.63, 3.8) is 0 Å². The van der Waals surface area contributed by atoms with Crippen molar-refractivity contribution in [2.24, 2.45) is 11.7 Å². The van der Waals surface area contributed by atoms with Crippen LogP contribution in [0.1, 0.15) is 51.4 Å². The number of hydrogen-bond acceptors (Lipinski definition) is 3. The molecule has 0 aromatic rings. The van der Waals surface area contributed by atoms with E-state index in [1.165, 1.54) is 19.3 Å². The standard InChI is InChI=1S/C14H26N2O2/c15-13-7-2-1-5-11(13)10-16-14(17)9-12-6-3-4-8-18-12/h11-13H,1-10,15H2,(H,16,17). The summed E-state index contributed by atoms with van der Waals surface area (Å²) in [6.45, 7) is 1.55. The van der Waals surface area contributed by atoms with Gasteiger partial charge in [0.2, 0.25) is 5.91 Å². The zero-order chi connectivity index (χ0) is 12.8. The van der Waals surface area contributed by atoms with Crippen molar-refractivity contribution in [3.05, 3.63) is 0 Å². The average molecular weight is 254 g/mol. The molecule has 2 fully saturated rings. The number of hydrogen-bond donors (Lipinski definition) is 2. The van der Waals surface area contributed by atoms with E-state index in [0.717, 1.165) is 38.8 Å². The van der Waals surface area contributed by atoms with Crippen molar-refractivity contribution in [1.82, 2.24) is 5.32 Å². The molecule has 1 amide bonds. The van der Waals surface area contributed by atoms with Gasteiger partial charge in [-0.2, -0.15) is 0 Å². The molecule has 3 N–H and O–H groups in total. The lowest BCUT2D eigenvalue weighted by molar-refractivity contribution is -0.125. The van der Waals surface area contributed by atoms with Crippen LogP contribution in [0.4, 0.5) is 0 Å². The Balaban J connectivity index is 1.64. The number of carbonyl (C=O) groups is 1. The highest BCUT2D eigenvalue weighted by atomic mass is 16.5. The molecule has 0 aromatic carbocycles. The fourth-order valence-electron chi connectivity index (χ4n) is 2.98. The monoisotopic (exact) mass is 254 g/mol. The van der Waals surface area contributed by atoms with E-state index in [0.29, 0.717) is 12.3 Å². The summed E-state index contributed by atoms with van der Waals surface area (Å²) in [5.41, 5.74) is 6.07. The molecule has 4 heteroatoms. The molecule has 1 heterocycles. The van der Waals surface area contributed by atoms with Crippen molar-refractivity contribution in [1.29, 1.82) is 0 Å². The van der Waals surface area contributed by atoms with Crippen LogP contribution in [0.15, 0.2) is 0 Å². The molecule has 0 aromatic heterocycles. The zero-order valence-corrected chi connectivity index (χ0v) is 11.2. The first-order chi connectivity index (χ1) is 8.75. The summed E-state index contributed by atoms with van der Waals surface area (Å²) in [6.07, 6.45) is 8.74. The maximum atomic E-state index is 11.8. The Hall–Kier alpha value is -0.610. The molecule has 104 valence electrons. The van der Waals surface area contributed by atoms with Gasteiger partial charge in [-0.25, -0.2) is 0 Å². The van der Waals surface area contributed by atoms with Crippen LogP contribution < -0.4 is 11.1 Å². The van der Waals surface area contributed by atoms with E-state index in [2.05, 4.69) is 5.32 Å². The molecular formula is C14H26N2O2. The van der Waals surface area contributed by atoms with E-state index in [-0.39, 0.29) is 18.1 Å².